The van der Waals surface area contributed by atoms with Crippen LogP contribution in [0.3, 0.4) is 0 Å². The number of fused-ring (bicyclic) bond motifs is 14. The molecular weight excluding hydrogens is 729 g/mol. The van der Waals surface area contributed by atoms with Gasteiger partial charge in [-0.15, -0.1) is 0 Å². The fourth-order valence-electron chi connectivity index (χ4n) is 6.41. The molecule has 0 N–H and O–H groups in total. The Balaban J connectivity index is 1.53. The topological polar surface area (TPSA) is 84.0 Å². The first kappa shape index (κ1) is 24.2. The van der Waals surface area contributed by atoms with Gasteiger partial charge in [0.15, 0.2) is 0 Å². The molecule has 0 atom stereocenters. The van der Waals surface area contributed by atoms with Crippen molar-refractivity contribution in [3.8, 4) is 0 Å². The minimum atomic E-state index is -3.89. The summed E-state index contributed by atoms with van der Waals surface area (Å²) in [5, 5.41) is 3.92. The molecule has 6 bridgehead atoms. The summed E-state index contributed by atoms with van der Waals surface area (Å²) in [5.74, 6) is 4.05. The minimum absolute atomic E-state index is 0.629. The van der Waals surface area contributed by atoms with E-state index in [4.69, 9.17) is 30.0 Å². The SMILES string of the molecule is [Br][Ge]1([Br])[n]2c3c4ccccc4c2N=C2N=C(N=c4c5ccccc5c([n]41)=NC1=NC(=N3)c3ccccc31)c1ccccc12. The van der Waals surface area contributed by atoms with Gasteiger partial charge in [0, 0.05) is 0 Å². The summed E-state index contributed by atoms with van der Waals surface area (Å²) >= 11 is 8.62. The van der Waals surface area contributed by atoms with E-state index in [0.717, 1.165) is 66.4 Å². The number of aliphatic imine (C=N–C) groups is 4. The first-order chi connectivity index (χ1) is 21.1. The number of halogens is 2. The average molecular weight is 745 g/mol. The molecule has 0 fully saturated rings. The summed E-state index contributed by atoms with van der Waals surface area (Å²) < 4.78 is 4.48. The van der Waals surface area contributed by atoms with E-state index in [1.165, 1.54) is 0 Å². The third-order valence-electron chi connectivity index (χ3n) is 8.29. The fraction of sp³-hybridized carbons (Fsp3) is 0. The zero-order chi connectivity index (χ0) is 28.4. The number of hydrogen-bond acceptors (Lipinski definition) is 6. The van der Waals surface area contributed by atoms with Crippen LogP contribution in [0.25, 0.3) is 21.5 Å². The van der Waals surface area contributed by atoms with Crippen LogP contribution in [0.2, 0.25) is 0 Å². The second-order valence-corrected chi connectivity index (χ2v) is 31.7. The van der Waals surface area contributed by atoms with Crippen LogP contribution in [-0.2, 0) is 0 Å². The van der Waals surface area contributed by atoms with Gasteiger partial charge in [0.2, 0.25) is 0 Å². The van der Waals surface area contributed by atoms with Crippen molar-refractivity contribution in [2.45, 2.75) is 0 Å². The Bertz CT molecular complexity index is 2390. The second kappa shape index (κ2) is 8.43. The summed E-state index contributed by atoms with van der Waals surface area (Å²) in [4.78, 5) is 31.3. The van der Waals surface area contributed by atoms with Crippen molar-refractivity contribution in [1.29, 1.82) is 0 Å². The van der Waals surface area contributed by atoms with Crippen molar-refractivity contribution in [2.75, 3.05) is 0 Å². The molecule has 202 valence electrons. The van der Waals surface area contributed by atoms with E-state index in [1.807, 2.05) is 48.5 Å². The molecule has 0 saturated heterocycles. The summed E-state index contributed by atoms with van der Waals surface area (Å²) in [6.07, 6.45) is 0. The van der Waals surface area contributed by atoms with Gasteiger partial charge in [0.25, 0.3) is 0 Å². The van der Waals surface area contributed by atoms with Crippen molar-refractivity contribution in [3.63, 3.8) is 0 Å². The predicted molar refractivity (Wildman–Crippen MR) is 179 cm³/mol. The molecule has 0 spiro atoms. The third-order valence-corrected chi connectivity index (χ3v) is 19.7. The van der Waals surface area contributed by atoms with E-state index in [0.29, 0.717) is 23.3 Å². The second-order valence-electron chi connectivity index (χ2n) is 10.6. The molecule has 2 aromatic heterocycles. The van der Waals surface area contributed by atoms with Crippen LogP contribution >= 0.6 is 28.0 Å². The number of nitrogens with zero attached hydrogens (tertiary/aromatic N) is 8. The molecule has 11 heteroatoms. The molecule has 6 heterocycles. The van der Waals surface area contributed by atoms with Gasteiger partial charge in [-0.05, 0) is 0 Å². The molecule has 8 nitrogen and oxygen atoms in total. The summed E-state index contributed by atoms with van der Waals surface area (Å²) in [7, 11) is -3.89. The summed E-state index contributed by atoms with van der Waals surface area (Å²) in [6.45, 7) is 0. The van der Waals surface area contributed by atoms with Gasteiger partial charge in [0.05, 0.1) is 0 Å². The molecule has 0 amide bonds. The Morgan fingerprint density at radius 3 is 1.16 bits per heavy atom. The van der Waals surface area contributed by atoms with E-state index in [1.54, 1.807) is 0 Å². The Labute approximate surface area is 260 Å². The number of amidine groups is 4. The summed E-state index contributed by atoms with van der Waals surface area (Å²) in [6, 6.07) is 32.9. The summed E-state index contributed by atoms with van der Waals surface area (Å²) in [5.41, 5.74) is 5.34. The van der Waals surface area contributed by atoms with Gasteiger partial charge in [-0.25, -0.2) is 0 Å². The molecule has 0 radical (unpaired) electrons. The van der Waals surface area contributed by atoms with Gasteiger partial charge in [-0.2, -0.15) is 0 Å². The van der Waals surface area contributed by atoms with E-state index in [2.05, 4.69) is 83.6 Å². The van der Waals surface area contributed by atoms with E-state index >= 15 is 0 Å². The Kier molecular flexibility index (Phi) is 4.75. The first-order valence-corrected chi connectivity index (χ1v) is 25.4. The quantitative estimate of drug-likeness (QED) is 0.167. The van der Waals surface area contributed by atoms with Crippen LogP contribution in [0.5, 0.6) is 0 Å². The normalized spacial score (nSPS) is 16.8. The number of benzene rings is 4. The van der Waals surface area contributed by atoms with Crippen LogP contribution in [0.15, 0.2) is 127 Å². The number of aromatic nitrogens is 2. The molecule has 4 aliphatic heterocycles. The number of rotatable bonds is 0. The van der Waals surface area contributed by atoms with Crippen molar-refractivity contribution < 1.29 is 0 Å². The van der Waals surface area contributed by atoms with Gasteiger partial charge >= 0.3 is 262 Å². The van der Waals surface area contributed by atoms with Crippen LogP contribution in [-0.4, -0.2) is 40.4 Å². The van der Waals surface area contributed by atoms with E-state index < -0.39 is 10.0 Å². The van der Waals surface area contributed by atoms with Crippen LogP contribution in [0.4, 0.5) is 11.6 Å². The van der Waals surface area contributed by atoms with Gasteiger partial charge in [-0.3, -0.25) is 0 Å². The molecule has 4 aromatic carbocycles. The Morgan fingerprint density at radius 1 is 0.395 bits per heavy atom. The maximum atomic E-state index is 5.30. The third kappa shape index (κ3) is 3.15. The zero-order valence-corrected chi connectivity index (χ0v) is 27.3. The molecule has 4 aliphatic rings. The fourth-order valence-corrected chi connectivity index (χ4v) is 17.4. The van der Waals surface area contributed by atoms with Crippen LogP contribution in [0.1, 0.15) is 22.3 Å². The molecule has 10 rings (SSSR count). The zero-order valence-electron chi connectivity index (χ0n) is 22.1. The van der Waals surface area contributed by atoms with E-state index in [-0.39, 0.29) is 0 Å². The first-order valence-electron chi connectivity index (χ1n) is 13.7. The monoisotopic (exact) mass is 744 g/mol. The van der Waals surface area contributed by atoms with Crippen molar-refractivity contribution >= 4 is 94.6 Å². The number of hydrogen-bond donors (Lipinski definition) is 0. The molecule has 6 aromatic rings. The maximum absolute atomic E-state index is 5.30. The Morgan fingerprint density at radius 2 is 0.744 bits per heavy atom. The van der Waals surface area contributed by atoms with Gasteiger partial charge < -0.3 is 0 Å². The average Bonchev–Trinajstić information content (AvgIpc) is 3.74. The molecule has 0 unspecified atom stereocenters. The predicted octanol–water partition coefficient (Wildman–Crippen LogP) is 6.16. The van der Waals surface area contributed by atoms with Gasteiger partial charge in [-0.1, -0.05) is 0 Å². The van der Waals surface area contributed by atoms with Crippen molar-refractivity contribution in [1.82, 2.24) is 7.05 Å². The van der Waals surface area contributed by atoms with E-state index in [9.17, 15) is 0 Å². The molecular formula is C32H16Br2GeN8. The molecule has 0 aliphatic carbocycles. The van der Waals surface area contributed by atoms with Crippen molar-refractivity contribution in [2.24, 2.45) is 30.0 Å². The Hall–Kier alpha value is -4.26. The van der Waals surface area contributed by atoms with Crippen LogP contribution in [0, 0.1) is 0 Å². The standard InChI is InChI=1S/C32H16Br2GeN8/c33-35(34)42-29-21-13-5-6-14-22(21)31(42)40-27-19-11-3-4-12-20(19)28(37-27)41-32-24-16-8-7-15-23(24)30(43(32)35)39-26-18-10-2-1-9-17(18)25(36-26)38-29/h1-16H. The molecule has 43 heavy (non-hydrogen) atoms. The molecule has 0 saturated carbocycles. The van der Waals surface area contributed by atoms with Crippen LogP contribution < -0.4 is 11.0 Å². The van der Waals surface area contributed by atoms with Crippen molar-refractivity contribution in [3.05, 3.63) is 130 Å². The van der Waals surface area contributed by atoms with Gasteiger partial charge in [0.1, 0.15) is 0 Å².